The molecule has 1 fully saturated rings. The zero-order valence-electron chi connectivity index (χ0n) is 14.0. The third-order valence-corrected chi connectivity index (χ3v) is 6.21. The number of aromatic nitrogens is 1. The van der Waals surface area contributed by atoms with E-state index in [1.807, 2.05) is 0 Å². The molecule has 1 aromatic carbocycles. The summed E-state index contributed by atoms with van der Waals surface area (Å²) in [6.07, 6.45) is -9.77. The molecule has 0 saturated carbocycles. The van der Waals surface area contributed by atoms with Gasteiger partial charge in [-0.15, -0.1) is 0 Å². The van der Waals surface area contributed by atoms with Gasteiger partial charge in [0.15, 0.2) is 10.8 Å². The predicted molar refractivity (Wildman–Crippen MR) is 96.0 cm³/mol. The van der Waals surface area contributed by atoms with Crippen LogP contribution in [-0.2, 0) is 18.1 Å². The third kappa shape index (κ3) is 3.79. The van der Waals surface area contributed by atoms with Crippen LogP contribution in [0.5, 0.6) is 0 Å². The Balaban J connectivity index is 2.02. The fourth-order valence-electron chi connectivity index (χ4n) is 3.27. The first-order valence-electron chi connectivity index (χ1n) is 7.92. The van der Waals surface area contributed by atoms with Crippen LogP contribution in [0.3, 0.4) is 0 Å². The van der Waals surface area contributed by atoms with Crippen molar-refractivity contribution in [3.63, 3.8) is 0 Å². The van der Waals surface area contributed by atoms with E-state index in [0.29, 0.717) is 11.3 Å². The lowest BCUT2D eigenvalue weighted by atomic mass is 9.79. The minimum atomic E-state index is -4.73. The molecular weight excluding hydrogens is 451 g/mol. The van der Waals surface area contributed by atoms with Crippen molar-refractivity contribution >= 4 is 39.7 Å². The smallest absolute Gasteiger partial charge is 0.347 e. The SMILES string of the molecule is NCc1sc(N2CCC(c3cc(Cl)cc(Cl)c3)(C(F)(F)F)C2)nc1C(F)(F)F. The van der Waals surface area contributed by atoms with E-state index >= 15 is 0 Å². The van der Waals surface area contributed by atoms with Gasteiger partial charge >= 0.3 is 12.4 Å². The minimum absolute atomic E-state index is 0.0450. The maximum Gasteiger partial charge on any atom is 0.434 e. The number of halogens is 8. The van der Waals surface area contributed by atoms with Crippen molar-refractivity contribution in [2.24, 2.45) is 5.73 Å². The maximum atomic E-state index is 14.1. The third-order valence-electron chi connectivity index (χ3n) is 4.64. The van der Waals surface area contributed by atoms with Crippen molar-refractivity contribution < 1.29 is 26.3 Å². The molecule has 28 heavy (non-hydrogen) atoms. The fourth-order valence-corrected chi connectivity index (χ4v) is 4.78. The number of nitrogens with two attached hydrogens (primary N) is 1. The first-order valence-corrected chi connectivity index (χ1v) is 9.50. The highest BCUT2D eigenvalue weighted by Crippen LogP contribution is 2.50. The average molecular weight is 464 g/mol. The first-order chi connectivity index (χ1) is 12.9. The molecule has 2 heterocycles. The van der Waals surface area contributed by atoms with Crippen molar-refractivity contribution in [3.8, 4) is 0 Å². The molecule has 154 valence electrons. The van der Waals surface area contributed by atoms with Gasteiger partial charge in [0.1, 0.15) is 5.41 Å². The van der Waals surface area contributed by atoms with E-state index in [1.54, 1.807) is 0 Å². The Hall–Kier alpha value is -1.23. The summed E-state index contributed by atoms with van der Waals surface area (Å²) in [4.78, 5) is 4.50. The van der Waals surface area contributed by atoms with E-state index in [9.17, 15) is 26.3 Å². The average Bonchev–Trinajstić information content (AvgIpc) is 3.18. The number of nitrogens with zero attached hydrogens (tertiary/aromatic N) is 2. The van der Waals surface area contributed by atoms with Gasteiger partial charge < -0.3 is 10.6 Å². The van der Waals surface area contributed by atoms with Gasteiger partial charge in [-0.2, -0.15) is 26.3 Å². The van der Waals surface area contributed by atoms with E-state index in [-0.39, 0.29) is 38.6 Å². The van der Waals surface area contributed by atoms with Crippen LogP contribution in [0.1, 0.15) is 22.6 Å². The van der Waals surface area contributed by atoms with Crippen LogP contribution in [0.15, 0.2) is 18.2 Å². The summed E-state index contributed by atoms with van der Waals surface area (Å²) in [5.41, 5.74) is 1.73. The quantitative estimate of drug-likeness (QED) is 0.599. The molecular formula is C16H13Cl2F6N3S. The summed E-state index contributed by atoms with van der Waals surface area (Å²) in [7, 11) is 0. The predicted octanol–water partition coefficient (Wildman–Crippen LogP) is 5.64. The zero-order chi connectivity index (χ0) is 20.9. The van der Waals surface area contributed by atoms with E-state index in [4.69, 9.17) is 28.9 Å². The van der Waals surface area contributed by atoms with Crippen LogP contribution in [0.2, 0.25) is 10.0 Å². The number of rotatable bonds is 3. The van der Waals surface area contributed by atoms with Crippen molar-refractivity contribution in [3.05, 3.63) is 44.4 Å². The molecule has 1 aliphatic heterocycles. The molecule has 3 rings (SSSR count). The first kappa shape index (κ1) is 21.5. The molecule has 1 saturated heterocycles. The Kier molecular flexibility index (Phi) is 5.54. The van der Waals surface area contributed by atoms with E-state index < -0.39 is 36.6 Å². The summed E-state index contributed by atoms with van der Waals surface area (Å²) < 4.78 is 81.5. The summed E-state index contributed by atoms with van der Waals surface area (Å²) in [6.45, 7) is -1.13. The highest BCUT2D eigenvalue weighted by Gasteiger charge is 2.59. The van der Waals surface area contributed by atoms with Crippen LogP contribution in [0.25, 0.3) is 0 Å². The monoisotopic (exact) mass is 463 g/mol. The van der Waals surface area contributed by atoms with Gasteiger partial charge in [-0.1, -0.05) is 34.5 Å². The van der Waals surface area contributed by atoms with Crippen LogP contribution in [0.4, 0.5) is 31.5 Å². The fraction of sp³-hybridized carbons (Fsp3) is 0.438. The van der Waals surface area contributed by atoms with Crippen LogP contribution < -0.4 is 10.6 Å². The molecule has 1 unspecified atom stereocenters. The van der Waals surface area contributed by atoms with Crippen molar-refractivity contribution in [2.75, 3.05) is 18.0 Å². The largest absolute Gasteiger partial charge is 0.434 e. The molecule has 2 N–H and O–H groups in total. The highest BCUT2D eigenvalue weighted by atomic mass is 35.5. The zero-order valence-corrected chi connectivity index (χ0v) is 16.3. The van der Waals surface area contributed by atoms with Gasteiger partial charge in [-0.25, -0.2) is 4.98 Å². The van der Waals surface area contributed by atoms with Gasteiger partial charge in [-0.3, -0.25) is 0 Å². The second-order valence-electron chi connectivity index (χ2n) is 6.38. The molecule has 1 aromatic heterocycles. The van der Waals surface area contributed by atoms with Crippen LogP contribution in [0, 0.1) is 0 Å². The van der Waals surface area contributed by atoms with Gasteiger partial charge in [-0.05, 0) is 30.2 Å². The molecule has 1 aliphatic rings. The van der Waals surface area contributed by atoms with Gasteiger partial charge in [0.2, 0.25) is 0 Å². The van der Waals surface area contributed by atoms with Gasteiger partial charge in [0, 0.05) is 29.7 Å². The normalized spacial score (nSPS) is 20.8. The summed E-state index contributed by atoms with van der Waals surface area (Å²) in [5, 5.41) is -0.0563. The lowest BCUT2D eigenvalue weighted by Crippen LogP contribution is -2.44. The lowest BCUT2D eigenvalue weighted by molar-refractivity contribution is -0.184. The number of thiazole rings is 1. The van der Waals surface area contributed by atoms with Crippen molar-refractivity contribution in [1.82, 2.24) is 4.98 Å². The topological polar surface area (TPSA) is 42.1 Å². The van der Waals surface area contributed by atoms with Gasteiger partial charge in [0.05, 0.1) is 4.88 Å². The molecule has 0 amide bonds. The van der Waals surface area contributed by atoms with E-state index in [2.05, 4.69) is 4.98 Å². The summed E-state index contributed by atoms with van der Waals surface area (Å²) in [5.74, 6) is 0. The Morgan fingerprint density at radius 1 is 1.11 bits per heavy atom. The second kappa shape index (κ2) is 7.23. The van der Waals surface area contributed by atoms with Crippen LogP contribution in [-0.4, -0.2) is 24.2 Å². The number of benzene rings is 1. The standard InChI is InChI=1S/C16H13Cl2F6N3S/c17-9-3-8(4-10(18)5-9)14(16(22,23)24)1-2-27(7-14)13-26-12(15(19,20)21)11(6-25)28-13/h3-5H,1-2,6-7,25H2. The van der Waals surface area contributed by atoms with E-state index in [1.165, 1.54) is 23.1 Å². The minimum Gasteiger partial charge on any atom is -0.347 e. The number of hydrogen-bond acceptors (Lipinski definition) is 4. The van der Waals surface area contributed by atoms with Crippen molar-refractivity contribution in [1.29, 1.82) is 0 Å². The summed E-state index contributed by atoms with van der Waals surface area (Å²) in [6, 6.07) is 3.67. The molecule has 0 aliphatic carbocycles. The second-order valence-corrected chi connectivity index (χ2v) is 8.31. The number of anilines is 1. The highest BCUT2D eigenvalue weighted by molar-refractivity contribution is 7.15. The summed E-state index contributed by atoms with van der Waals surface area (Å²) >= 11 is 12.4. The molecule has 1 atom stereocenters. The molecule has 3 nitrogen and oxygen atoms in total. The molecule has 12 heteroatoms. The maximum absolute atomic E-state index is 14.1. The van der Waals surface area contributed by atoms with Crippen LogP contribution >= 0.6 is 34.5 Å². The number of hydrogen-bond donors (Lipinski definition) is 1. The molecule has 0 radical (unpaired) electrons. The van der Waals surface area contributed by atoms with E-state index in [0.717, 1.165) is 0 Å². The van der Waals surface area contributed by atoms with Gasteiger partial charge in [0.25, 0.3) is 0 Å². The lowest BCUT2D eigenvalue weighted by Gasteiger charge is -2.32. The Morgan fingerprint density at radius 3 is 2.18 bits per heavy atom. The Morgan fingerprint density at radius 2 is 1.71 bits per heavy atom. The Bertz CT molecular complexity index is 862. The molecule has 2 aromatic rings. The van der Waals surface area contributed by atoms with Crippen molar-refractivity contribution in [2.45, 2.75) is 30.7 Å². The Labute approximate surface area is 170 Å². The number of alkyl halides is 6. The molecule has 0 bridgehead atoms. The molecule has 0 spiro atoms.